The molecule has 5 aromatic rings. The molecule has 1 aliphatic heterocycles. The number of rotatable bonds is 2. The summed E-state index contributed by atoms with van der Waals surface area (Å²) < 4.78 is 12.1. The van der Waals surface area contributed by atoms with E-state index < -0.39 is 0 Å². The zero-order chi connectivity index (χ0) is 25.6. The summed E-state index contributed by atoms with van der Waals surface area (Å²) >= 11 is 0. The molecule has 38 heavy (non-hydrogen) atoms. The molecule has 1 amide bonds. The van der Waals surface area contributed by atoms with Crippen LogP contribution in [0.15, 0.2) is 55.1 Å². The van der Waals surface area contributed by atoms with E-state index in [1.54, 1.807) is 18.6 Å². The molecule has 0 saturated heterocycles. The molecule has 4 aromatic heterocycles. The minimum atomic E-state index is -0.192. The average Bonchev–Trinajstić information content (AvgIpc) is 3.69. The molecule has 1 aliphatic carbocycles. The van der Waals surface area contributed by atoms with E-state index in [1.807, 2.05) is 37.4 Å². The predicted molar refractivity (Wildman–Crippen MR) is 143 cm³/mol. The number of benzene rings is 1. The van der Waals surface area contributed by atoms with Crippen molar-refractivity contribution < 1.29 is 14.3 Å². The molecule has 0 radical (unpaired) electrons. The lowest BCUT2D eigenvalue weighted by molar-refractivity contribution is -0.117. The summed E-state index contributed by atoms with van der Waals surface area (Å²) in [7, 11) is 0. The number of aromatic amines is 1. The van der Waals surface area contributed by atoms with Gasteiger partial charge in [0, 0.05) is 35.8 Å². The number of nitrogens with zero attached hydrogens (tertiary/aromatic N) is 4. The third-order valence-electron chi connectivity index (χ3n) is 6.73. The van der Waals surface area contributed by atoms with Crippen LogP contribution in [0.25, 0.3) is 33.1 Å². The third kappa shape index (κ3) is 4.34. The van der Waals surface area contributed by atoms with Crippen molar-refractivity contribution in [2.24, 2.45) is 5.92 Å². The van der Waals surface area contributed by atoms with Crippen molar-refractivity contribution in [2.45, 2.75) is 32.4 Å². The topological polar surface area (TPSA) is 127 Å². The van der Waals surface area contributed by atoms with Gasteiger partial charge in [0.05, 0.1) is 23.3 Å². The van der Waals surface area contributed by atoms with Crippen LogP contribution in [0.2, 0.25) is 0 Å². The van der Waals surface area contributed by atoms with Gasteiger partial charge in [-0.3, -0.25) is 20.1 Å². The van der Waals surface area contributed by atoms with Gasteiger partial charge in [0.1, 0.15) is 35.7 Å². The average molecular weight is 508 g/mol. The zero-order valence-electron chi connectivity index (χ0n) is 20.7. The van der Waals surface area contributed by atoms with Gasteiger partial charge >= 0.3 is 0 Å². The molecule has 5 bridgehead atoms. The van der Waals surface area contributed by atoms with Crippen LogP contribution in [-0.4, -0.2) is 43.5 Å². The number of aromatic nitrogens is 5. The SMILES string of the molecule is C[C@@H]1COc2cncc(c2)CNc2nc(NC(=O)C3CC3)nc3[nH]cc(c23)-c2ccc3ncc(cc3c2)O1. The Morgan fingerprint density at radius 1 is 1.08 bits per heavy atom. The molecule has 10 heteroatoms. The normalized spacial score (nSPS) is 17.0. The van der Waals surface area contributed by atoms with Crippen molar-refractivity contribution in [1.29, 1.82) is 0 Å². The second-order valence-corrected chi connectivity index (χ2v) is 9.79. The van der Waals surface area contributed by atoms with Crippen molar-refractivity contribution in [1.82, 2.24) is 24.9 Å². The minimum Gasteiger partial charge on any atom is -0.488 e. The van der Waals surface area contributed by atoms with Gasteiger partial charge in [-0.1, -0.05) is 6.07 Å². The first-order valence-corrected chi connectivity index (χ1v) is 12.7. The first-order chi connectivity index (χ1) is 18.6. The molecular weight excluding hydrogens is 482 g/mol. The number of anilines is 2. The summed E-state index contributed by atoms with van der Waals surface area (Å²) in [5, 5.41) is 8.10. The Hall–Kier alpha value is -4.73. The van der Waals surface area contributed by atoms with Crippen LogP contribution in [0.5, 0.6) is 11.5 Å². The highest BCUT2D eigenvalue weighted by molar-refractivity contribution is 6.03. The van der Waals surface area contributed by atoms with E-state index in [9.17, 15) is 4.79 Å². The van der Waals surface area contributed by atoms with Gasteiger partial charge < -0.3 is 19.8 Å². The fraction of sp³-hybridized carbons (Fsp3) is 0.250. The third-order valence-corrected chi connectivity index (χ3v) is 6.73. The maximum atomic E-state index is 12.4. The molecule has 2 aliphatic rings. The van der Waals surface area contributed by atoms with Crippen LogP contribution >= 0.6 is 0 Å². The lowest BCUT2D eigenvalue weighted by Gasteiger charge is -2.16. The molecule has 1 saturated carbocycles. The second kappa shape index (κ2) is 8.98. The van der Waals surface area contributed by atoms with Gasteiger partial charge in [0.15, 0.2) is 0 Å². The summed E-state index contributed by atoms with van der Waals surface area (Å²) in [4.78, 5) is 34.0. The lowest BCUT2D eigenvalue weighted by atomic mass is 10.0. The Kier molecular flexibility index (Phi) is 5.31. The van der Waals surface area contributed by atoms with Crippen LogP contribution in [-0.2, 0) is 11.3 Å². The Balaban J connectivity index is 1.37. The number of fused-ring (bicyclic) bond motifs is 5. The number of amides is 1. The fourth-order valence-electron chi connectivity index (χ4n) is 4.65. The van der Waals surface area contributed by atoms with Gasteiger partial charge in [-0.25, -0.2) is 0 Å². The number of H-pyrrole nitrogens is 1. The quantitative estimate of drug-likeness (QED) is 0.314. The number of carbonyl (C=O) groups excluding carboxylic acids is 1. The van der Waals surface area contributed by atoms with Crippen molar-refractivity contribution in [3.8, 4) is 22.6 Å². The van der Waals surface area contributed by atoms with E-state index in [1.165, 1.54) is 0 Å². The summed E-state index contributed by atoms with van der Waals surface area (Å²) in [6.07, 6.45) is 8.72. The molecule has 10 nitrogen and oxygen atoms in total. The second-order valence-electron chi connectivity index (χ2n) is 9.79. The highest BCUT2D eigenvalue weighted by Crippen LogP contribution is 2.36. The molecule has 0 spiro atoms. The summed E-state index contributed by atoms with van der Waals surface area (Å²) in [5.74, 6) is 2.20. The van der Waals surface area contributed by atoms with E-state index in [4.69, 9.17) is 14.5 Å². The molecule has 1 aromatic carbocycles. The monoisotopic (exact) mass is 507 g/mol. The highest BCUT2D eigenvalue weighted by atomic mass is 16.5. The van der Waals surface area contributed by atoms with Gasteiger partial charge in [-0.2, -0.15) is 9.97 Å². The van der Waals surface area contributed by atoms with E-state index in [-0.39, 0.29) is 23.9 Å². The smallest absolute Gasteiger partial charge is 0.233 e. The van der Waals surface area contributed by atoms with E-state index in [2.05, 4.69) is 36.6 Å². The zero-order valence-corrected chi connectivity index (χ0v) is 20.7. The van der Waals surface area contributed by atoms with Gasteiger partial charge in [0.25, 0.3) is 0 Å². The summed E-state index contributed by atoms with van der Waals surface area (Å²) in [6.45, 7) is 2.77. The van der Waals surface area contributed by atoms with Gasteiger partial charge in [-0.15, -0.1) is 0 Å². The number of hydrogen-bond donors (Lipinski definition) is 3. The molecule has 7 rings (SSSR count). The Bertz CT molecular complexity index is 1700. The lowest BCUT2D eigenvalue weighted by Crippen LogP contribution is -2.21. The molecule has 0 unspecified atom stereocenters. The summed E-state index contributed by atoms with van der Waals surface area (Å²) in [6, 6.07) is 10.0. The minimum absolute atomic E-state index is 0.0454. The van der Waals surface area contributed by atoms with E-state index >= 15 is 0 Å². The number of hydrogen-bond acceptors (Lipinski definition) is 8. The first kappa shape index (κ1) is 22.5. The van der Waals surface area contributed by atoms with Crippen molar-refractivity contribution in [3.05, 3.63) is 60.7 Å². The van der Waals surface area contributed by atoms with Crippen molar-refractivity contribution in [3.63, 3.8) is 0 Å². The van der Waals surface area contributed by atoms with Crippen molar-refractivity contribution in [2.75, 3.05) is 17.2 Å². The maximum Gasteiger partial charge on any atom is 0.233 e. The maximum absolute atomic E-state index is 12.4. The fourth-order valence-corrected chi connectivity index (χ4v) is 4.65. The van der Waals surface area contributed by atoms with Crippen LogP contribution in [0.3, 0.4) is 0 Å². The molecule has 1 atom stereocenters. The summed E-state index contributed by atoms with van der Waals surface area (Å²) in [5.41, 5.74) is 4.33. The van der Waals surface area contributed by atoms with Crippen LogP contribution in [0, 0.1) is 5.92 Å². The Labute approximate surface area is 217 Å². The number of carbonyl (C=O) groups is 1. The van der Waals surface area contributed by atoms with E-state index in [0.29, 0.717) is 36.1 Å². The highest BCUT2D eigenvalue weighted by Gasteiger charge is 2.30. The van der Waals surface area contributed by atoms with Crippen molar-refractivity contribution >= 4 is 39.6 Å². The number of ether oxygens (including phenoxy) is 2. The van der Waals surface area contributed by atoms with E-state index in [0.717, 1.165) is 45.8 Å². The molecule has 190 valence electrons. The Morgan fingerprint density at radius 2 is 2.00 bits per heavy atom. The molecule has 1 fully saturated rings. The molecular formula is C28H25N7O3. The van der Waals surface area contributed by atoms with Crippen LogP contribution < -0.4 is 20.1 Å². The first-order valence-electron chi connectivity index (χ1n) is 12.7. The van der Waals surface area contributed by atoms with Crippen LogP contribution in [0.4, 0.5) is 11.8 Å². The standard InChI is InChI=1S/C28H25N7O3/c1-15-14-37-20-6-16(9-29-11-20)10-31-25-24-22(18-4-5-23-19(7-18)8-21(38-15)12-30-23)13-32-26(24)34-28(33-25)35-27(36)17-2-3-17/h4-9,11-13,15,17H,2-3,10,14H2,1H3,(H3,31,32,33,34,35,36)/t15-/m1/s1. The molecule has 5 heterocycles. The van der Waals surface area contributed by atoms with Gasteiger partial charge in [-0.05, 0) is 55.2 Å². The number of nitrogens with one attached hydrogen (secondary N) is 3. The number of pyridine rings is 2. The van der Waals surface area contributed by atoms with Gasteiger partial charge in [0.2, 0.25) is 11.9 Å². The van der Waals surface area contributed by atoms with Crippen LogP contribution in [0.1, 0.15) is 25.3 Å². The Morgan fingerprint density at radius 3 is 2.89 bits per heavy atom. The molecule has 3 N–H and O–H groups in total. The largest absolute Gasteiger partial charge is 0.488 e. The predicted octanol–water partition coefficient (Wildman–Crippen LogP) is 4.69.